The predicted molar refractivity (Wildman–Crippen MR) is 73.6 cm³/mol. The molecule has 0 saturated carbocycles. The van der Waals surface area contributed by atoms with Crippen LogP contribution in [0.15, 0.2) is 12.3 Å². The standard InChI is InChI=1S/C13H21ClN2O2/c1-10(5-4-7-14)16-9-11-13(18-3)12(17-2)6-8-15-11/h6,8,10,16H,4-5,7,9H2,1-3H3. The minimum Gasteiger partial charge on any atom is -0.493 e. The maximum absolute atomic E-state index is 5.67. The molecule has 0 aliphatic heterocycles. The summed E-state index contributed by atoms with van der Waals surface area (Å²) in [5.74, 6) is 2.10. The molecule has 1 atom stereocenters. The summed E-state index contributed by atoms with van der Waals surface area (Å²) in [6.45, 7) is 2.79. The van der Waals surface area contributed by atoms with Gasteiger partial charge in [-0.15, -0.1) is 11.6 Å². The van der Waals surface area contributed by atoms with Gasteiger partial charge in [-0.05, 0) is 19.8 Å². The molecular weight excluding hydrogens is 252 g/mol. The van der Waals surface area contributed by atoms with E-state index in [1.165, 1.54) is 0 Å². The third kappa shape index (κ3) is 4.35. The summed E-state index contributed by atoms with van der Waals surface area (Å²) >= 11 is 5.67. The van der Waals surface area contributed by atoms with E-state index >= 15 is 0 Å². The van der Waals surface area contributed by atoms with Crippen molar-refractivity contribution in [1.29, 1.82) is 0 Å². The highest BCUT2D eigenvalue weighted by atomic mass is 35.5. The minimum atomic E-state index is 0.404. The summed E-state index contributed by atoms with van der Waals surface area (Å²) < 4.78 is 10.6. The number of hydrogen-bond acceptors (Lipinski definition) is 4. The van der Waals surface area contributed by atoms with Crippen LogP contribution in [0.1, 0.15) is 25.5 Å². The van der Waals surface area contributed by atoms with Crippen molar-refractivity contribution in [2.24, 2.45) is 0 Å². The van der Waals surface area contributed by atoms with Crippen molar-refractivity contribution in [3.05, 3.63) is 18.0 Å². The van der Waals surface area contributed by atoms with Crippen LogP contribution < -0.4 is 14.8 Å². The van der Waals surface area contributed by atoms with Gasteiger partial charge >= 0.3 is 0 Å². The molecule has 0 amide bonds. The van der Waals surface area contributed by atoms with E-state index in [-0.39, 0.29) is 0 Å². The highest BCUT2D eigenvalue weighted by molar-refractivity contribution is 6.17. The molecule has 0 aliphatic carbocycles. The zero-order valence-electron chi connectivity index (χ0n) is 11.2. The lowest BCUT2D eigenvalue weighted by atomic mass is 10.2. The van der Waals surface area contributed by atoms with Crippen LogP contribution in [0.5, 0.6) is 11.5 Å². The van der Waals surface area contributed by atoms with Crippen molar-refractivity contribution < 1.29 is 9.47 Å². The van der Waals surface area contributed by atoms with E-state index in [0.29, 0.717) is 30.0 Å². The molecule has 18 heavy (non-hydrogen) atoms. The molecule has 0 radical (unpaired) electrons. The highest BCUT2D eigenvalue weighted by Gasteiger charge is 2.11. The van der Waals surface area contributed by atoms with E-state index in [1.54, 1.807) is 26.5 Å². The van der Waals surface area contributed by atoms with Gasteiger partial charge in [-0.2, -0.15) is 0 Å². The largest absolute Gasteiger partial charge is 0.493 e. The number of alkyl halides is 1. The van der Waals surface area contributed by atoms with Gasteiger partial charge in [0, 0.05) is 30.7 Å². The topological polar surface area (TPSA) is 43.4 Å². The minimum absolute atomic E-state index is 0.404. The third-order valence-electron chi connectivity index (χ3n) is 2.75. The average Bonchev–Trinajstić information content (AvgIpc) is 2.41. The Hall–Kier alpha value is -1.00. The normalized spacial score (nSPS) is 12.2. The van der Waals surface area contributed by atoms with E-state index < -0.39 is 0 Å². The predicted octanol–water partition coefficient (Wildman–Crippen LogP) is 2.60. The molecule has 0 saturated heterocycles. The first-order valence-electron chi connectivity index (χ1n) is 6.08. The third-order valence-corrected chi connectivity index (χ3v) is 3.02. The zero-order chi connectivity index (χ0) is 13.4. The second kappa shape index (κ2) is 8.16. The van der Waals surface area contributed by atoms with Gasteiger partial charge in [0.1, 0.15) is 0 Å². The molecule has 0 spiro atoms. The molecule has 0 fully saturated rings. The SMILES string of the molecule is COc1ccnc(CNC(C)CCCCl)c1OC. The van der Waals surface area contributed by atoms with Crippen LogP contribution in [0, 0.1) is 0 Å². The average molecular weight is 273 g/mol. The summed E-state index contributed by atoms with van der Waals surface area (Å²) in [4.78, 5) is 4.32. The Balaban J connectivity index is 2.61. The Morgan fingerprint density at radius 3 is 2.78 bits per heavy atom. The number of aromatic nitrogens is 1. The van der Waals surface area contributed by atoms with E-state index in [2.05, 4.69) is 17.2 Å². The van der Waals surface area contributed by atoms with Crippen LogP contribution in [0.2, 0.25) is 0 Å². The molecule has 4 nitrogen and oxygen atoms in total. The number of halogens is 1. The van der Waals surface area contributed by atoms with E-state index in [1.807, 2.05) is 0 Å². The van der Waals surface area contributed by atoms with Gasteiger partial charge in [-0.25, -0.2) is 0 Å². The van der Waals surface area contributed by atoms with Crippen molar-refractivity contribution in [1.82, 2.24) is 10.3 Å². The smallest absolute Gasteiger partial charge is 0.183 e. The molecule has 0 aromatic carbocycles. The van der Waals surface area contributed by atoms with Crippen LogP contribution in [-0.4, -0.2) is 31.1 Å². The summed E-state index contributed by atoms with van der Waals surface area (Å²) in [6, 6.07) is 2.20. The highest BCUT2D eigenvalue weighted by Crippen LogP contribution is 2.28. The van der Waals surface area contributed by atoms with Gasteiger partial charge in [0.2, 0.25) is 0 Å². The van der Waals surface area contributed by atoms with E-state index in [0.717, 1.165) is 18.5 Å². The van der Waals surface area contributed by atoms with Crippen molar-refractivity contribution in [3.8, 4) is 11.5 Å². The molecule has 102 valence electrons. The number of ether oxygens (including phenoxy) is 2. The van der Waals surface area contributed by atoms with Gasteiger partial charge in [0.15, 0.2) is 11.5 Å². The van der Waals surface area contributed by atoms with Crippen LogP contribution >= 0.6 is 11.6 Å². The molecule has 1 rings (SSSR count). The van der Waals surface area contributed by atoms with Gasteiger partial charge in [-0.1, -0.05) is 0 Å². The second-order valence-electron chi connectivity index (χ2n) is 4.11. The van der Waals surface area contributed by atoms with Gasteiger partial charge in [-0.3, -0.25) is 4.98 Å². The number of pyridine rings is 1. The Morgan fingerprint density at radius 2 is 2.17 bits per heavy atom. The Labute approximate surface area is 114 Å². The van der Waals surface area contributed by atoms with Crippen LogP contribution in [-0.2, 0) is 6.54 Å². The number of nitrogens with zero attached hydrogens (tertiary/aromatic N) is 1. The lowest BCUT2D eigenvalue weighted by Crippen LogP contribution is -2.26. The molecule has 5 heteroatoms. The molecule has 1 heterocycles. The lowest BCUT2D eigenvalue weighted by molar-refractivity contribution is 0.347. The van der Waals surface area contributed by atoms with Gasteiger partial charge < -0.3 is 14.8 Å². The second-order valence-corrected chi connectivity index (χ2v) is 4.48. The Morgan fingerprint density at radius 1 is 1.39 bits per heavy atom. The zero-order valence-corrected chi connectivity index (χ0v) is 12.0. The maximum atomic E-state index is 5.67. The molecule has 1 N–H and O–H groups in total. The van der Waals surface area contributed by atoms with Crippen molar-refractivity contribution >= 4 is 11.6 Å². The molecule has 1 unspecified atom stereocenters. The van der Waals surface area contributed by atoms with Crippen LogP contribution in [0.3, 0.4) is 0 Å². The Bertz CT molecular complexity index is 361. The lowest BCUT2D eigenvalue weighted by Gasteiger charge is -2.15. The number of rotatable bonds is 8. The summed E-state index contributed by atoms with van der Waals surface area (Å²) in [5, 5.41) is 3.40. The summed E-state index contributed by atoms with van der Waals surface area (Å²) in [5.41, 5.74) is 0.856. The molecule has 0 bridgehead atoms. The monoisotopic (exact) mass is 272 g/mol. The summed E-state index contributed by atoms with van der Waals surface area (Å²) in [6.07, 6.45) is 3.79. The molecule has 0 aliphatic rings. The van der Waals surface area contributed by atoms with Crippen LogP contribution in [0.4, 0.5) is 0 Å². The fourth-order valence-electron chi connectivity index (χ4n) is 1.73. The number of nitrogens with one attached hydrogen (secondary N) is 1. The Kier molecular flexibility index (Phi) is 6.83. The molecular formula is C13H21ClN2O2. The number of hydrogen-bond donors (Lipinski definition) is 1. The quantitative estimate of drug-likeness (QED) is 0.739. The molecule has 1 aromatic rings. The van der Waals surface area contributed by atoms with Crippen molar-refractivity contribution in [2.45, 2.75) is 32.4 Å². The van der Waals surface area contributed by atoms with Crippen molar-refractivity contribution in [3.63, 3.8) is 0 Å². The fourth-order valence-corrected chi connectivity index (χ4v) is 1.89. The van der Waals surface area contributed by atoms with E-state index in [9.17, 15) is 0 Å². The van der Waals surface area contributed by atoms with Crippen LogP contribution in [0.25, 0.3) is 0 Å². The first-order chi connectivity index (χ1) is 8.72. The van der Waals surface area contributed by atoms with Gasteiger partial charge in [0.25, 0.3) is 0 Å². The van der Waals surface area contributed by atoms with Crippen molar-refractivity contribution in [2.75, 3.05) is 20.1 Å². The first-order valence-corrected chi connectivity index (χ1v) is 6.61. The number of methoxy groups -OCH3 is 2. The molecule has 1 aromatic heterocycles. The summed E-state index contributed by atoms with van der Waals surface area (Å²) in [7, 11) is 3.25. The van der Waals surface area contributed by atoms with E-state index in [4.69, 9.17) is 21.1 Å². The first kappa shape index (κ1) is 15.1. The fraction of sp³-hybridized carbons (Fsp3) is 0.615. The van der Waals surface area contributed by atoms with Gasteiger partial charge in [0.05, 0.1) is 19.9 Å². The maximum Gasteiger partial charge on any atom is 0.183 e.